The van der Waals surface area contributed by atoms with E-state index in [0.29, 0.717) is 5.91 Å². The number of anilines is 1. The molecule has 2 fully saturated rings. The third-order valence-electron chi connectivity index (χ3n) is 6.73. The number of carbonyl (C=O) groups excluding carboxylic acids is 2. The van der Waals surface area contributed by atoms with E-state index >= 15 is 0 Å². The minimum absolute atomic E-state index is 0.0614. The summed E-state index contributed by atoms with van der Waals surface area (Å²) in [5, 5.41) is 1.08. The molecule has 2 saturated heterocycles. The summed E-state index contributed by atoms with van der Waals surface area (Å²) in [6.07, 6.45) is 4.97. The van der Waals surface area contributed by atoms with Crippen LogP contribution in [0.2, 0.25) is 0 Å². The Bertz CT molecular complexity index is 746. The van der Waals surface area contributed by atoms with E-state index in [1.54, 1.807) is 11.3 Å². The summed E-state index contributed by atoms with van der Waals surface area (Å²) in [7, 11) is 0. The molecule has 1 aromatic rings. The van der Waals surface area contributed by atoms with Gasteiger partial charge in [0.15, 0.2) is 5.13 Å². The van der Waals surface area contributed by atoms with Crippen molar-refractivity contribution < 1.29 is 9.59 Å². The van der Waals surface area contributed by atoms with Crippen molar-refractivity contribution in [2.45, 2.75) is 52.9 Å². The quantitative estimate of drug-likeness (QED) is 0.757. The number of fused-ring (bicyclic) bond motifs is 1. The lowest BCUT2D eigenvalue weighted by Gasteiger charge is -2.35. The highest BCUT2D eigenvalue weighted by Crippen LogP contribution is 2.35. The lowest BCUT2D eigenvalue weighted by molar-refractivity contribution is -0.137. The maximum absolute atomic E-state index is 13.0. The van der Waals surface area contributed by atoms with Crippen LogP contribution in [-0.2, 0) is 22.4 Å². The van der Waals surface area contributed by atoms with E-state index in [0.717, 1.165) is 82.4 Å². The van der Waals surface area contributed by atoms with E-state index in [-0.39, 0.29) is 17.7 Å². The van der Waals surface area contributed by atoms with Crippen LogP contribution >= 0.6 is 11.3 Å². The van der Waals surface area contributed by atoms with Gasteiger partial charge in [-0.3, -0.25) is 9.59 Å². The van der Waals surface area contributed by atoms with Crippen LogP contribution in [0.4, 0.5) is 5.13 Å². The van der Waals surface area contributed by atoms with Gasteiger partial charge >= 0.3 is 0 Å². The highest BCUT2D eigenvalue weighted by Gasteiger charge is 2.33. The molecule has 29 heavy (non-hydrogen) atoms. The minimum Gasteiger partial charge on any atom is -0.345 e. The Labute approximate surface area is 178 Å². The fraction of sp³-hybridized carbons (Fsp3) is 0.773. The molecule has 1 aliphatic carbocycles. The zero-order valence-corrected chi connectivity index (χ0v) is 18.8. The van der Waals surface area contributed by atoms with Crippen molar-refractivity contribution in [3.05, 3.63) is 10.6 Å². The normalized spacial score (nSPS) is 23.4. The number of nitrogens with zero attached hydrogens (tertiary/aromatic N) is 4. The van der Waals surface area contributed by atoms with Crippen LogP contribution in [0, 0.1) is 17.8 Å². The highest BCUT2D eigenvalue weighted by molar-refractivity contribution is 7.15. The van der Waals surface area contributed by atoms with E-state index in [1.807, 2.05) is 18.7 Å². The fourth-order valence-electron chi connectivity index (χ4n) is 4.68. The maximum Gasteiger partial charge on any atom is 0.226 e. The van der Waals surface area contributed by atoms with Gasteiger partial charge in [0.05, 0.1) is 5.69 Å². The number of carbonyl (C=O) groups is 2. The molecule has 0 radical (unpaired) electrons. The van der Waals surface area contributed by atoms with E-state index in [1.165, 1.54) is 10.6 Å². The first-order valence-corrected chi connectivity index (χ1v) is 12.0. The molecule has 1 atom stereocenters. The molecule has 2 aliphatic heterocycles. The predicted octanol–water partition coefficient (Wildman–Crippen LogP) is 2.81. The topological polar surface area (TPSA) is 56.8 Å². The largest absolute Gasteiger partial charge is 0.345 e. The third kappa shape index (κ3) is 4.44. The summed E-state index contributed by atoms with van der Waals surface area (Å²) < 4.78 is 0. The molecule has 0 bridgehead atoms. The smallest absolute Gasteiger partial charge is 0.226 e. The van der Waals surface area contributed by atoms with E-state index in [4.69, 9.17) is 4.98 Å². The van der Waals surface area contributed by atoms with Crippen LogP contribution in [0.3, 0.4) is 0 Å². The Balaban J connectivity index is 1.35. The van der Waals surface area contributed by atoms with E-state index < -0.39 is 0 Å². The first-order chi connectivity index (χ1) is 13.9. The van der Waals surface area contributed by atoms with Gasteiger partial charge < -0.3 is 14.7 Å². The Morgan fingerprint density at radius 1 is 1.00 bits per heavy atom. The van der Waals surface area contributed by atoms with E-state index in [9.17, 15) is 9.59 Å². The fourth-order valence-corrected chi connectivity index (χ4v) is 5.92. The van der Waals surface area contributed by atoms with Gasteiger partial charge in [-0.05, 0) is 38.0 Å². The molecular weight excluding hydrogens is 384 g/mol. The first-order valence-electron chi connectivity index (χ1n) is 11.2. The molecule has 0 unspecified atom stereocenters. The Morgan fingerprint density at radius 3 is 2.34 bits per heavy atom. The van der Waals surface area contributed by atoms with Crippen molar-refractivity contribution >= 4 is 28.3 Å². The maximum atomic E-state index is 13.0. The van der Waals surface area contributed by atoms with Crippen LogP contribution in [0.1, 0.15) is 50.6 Å². The molecular formula is C22H34N4O2S. The Hall–Kier alpha value is -1.63. The molecule has 0 saturated carbocycles. The molecule has 2 amide bonds. The highest BCUT2D eigenvalue weighted by atomic mass is 32.1. The van der Waals surface area contributed by atoms with Gasteiger partial charge in [0.2, 0.25) is 11.8 Å². The lowest BCUT2D eigenvalue weighted by atomic mass is 9.89. The average Bonchev–Trinajstić information content (AvgIpc) is 3.16. The lowest BCUT2D eigenvalue weighted by Crippen LogP contribution is -2.49. The molecule has 0 N–H and O–H groups in total. The van der Waals surface area contributed by atoms with Crippen LogP contribution in [0.25, 0.3) is 0 Å². The van der Waals surface area contributed by atoms with Gasteiger partial charge in [-0.1, -0.05) is 20.8 Å². The second-order valence-corrected chi connectivity index (χ2v) is 10.3. The second kappa shape index (κ2) is 8.62. The van der Waals surface area contributed by atoms with Crippen molar-refractivity contribution in [3.63, 3.8) is 0 Å². The molecule has 4 rings (SSSR count). The van der Waals surface area contributed by atoms with Gasteiger partial charge in [0, 0.05) is 56.0 Å². The average molecular weight is 419 g/mol. The molecule has 3 aliphatic rings. The van der Waals surface area contributed by atoms with Crippen molar-refractivity contribution in [1.82, 2.24) is 14.8 Å². The van der Waals surface area contributed by atoms with E-state index in [2.05, 4.69) is 16.7 Å². The summed E-state index contributed by atoms with van der Waals surface area (Å²) in [5.41, 5.74) is 1.20. The molecule has 160 valence electrons. The van der Waals surface area contributed by atoms with Gasteiger partial charge in [-0.25, -0.2) is 4.98 Å². The van der Waals surface area contributed by atoms with Crippen molar-refractivity contribution in [2.24, 2.45) is 17.8 Å². The Morgan fingerprint density at radius 2 is 1.69 bits per heavy atom. The number of rotatable bonds is 3. The second-order valence-electron chi connectivity index (χ2n) is 9.28. The standard InChI is InChI=1S/C22H34N4O2S/c1-15(2)20(27)25-10-12-26(13-11-25)22-23-18-5-4-17(14-19(18)29-22)21(28)24-8-6-16(3)7-9-24/h15-17H,4-14H2,1-3H3/t17-/m1/s1. The molecule has 0 spiro atoms. The monoisotopic (exact) mass is 418 g/mol. The van der Waals surface area contributed by atoms with Gasteiger partial charge in [-0.2, -0.15) is 0 Å². The summed E-state index contributed by atoms with van der Waals surface area (Å²) in [5.74, 6) is 1.54. The first kappa shape index (κ1) is 20.6. The van der Waals surface area contributed by atoms with Gasteiger partial charge in [0.25, 0.3) is 0 Å². The summed E-state index contributed by atoms with van der Waals surface area (Å²) in [4.78, 5) is 37.8. The van der Waals surface area contributed by atoms with Gasteiger partial charge in [0.1, 0.15) is 0 Å². The number of piperidine rings is 1. The summed E-state index contributed by atoms with van der Waals surface area (Å²) in [6, 6.07) is 0. The van der Waals surface area contributed by atoms with Crippen LogP contribution < -0.4 is 4.90 Å². The Kier molecular flexibility index (Phi) is 6.13. The summed E-state index contributed by atoms with van der Waals surface area (Å²) in [6.45, 7) is 11.3. The molecule has 6 nitrogen and oxygen atoms in total. The number of aromatic nitrogens is 1. The molecule has 0 aromatic carbocycles. The number of piperazine rings is 1. The van der Waals surface area contributed by atoms with Crippen molar-refractivity contribution in [1.29, 1.82) is 0 Å². The van der Waals surface area contributed by atoms with Crippen LogP contribution in [0.5, 0.6) is 0 Å². The summed E-state index contributed by atoms with van der Waals surface area (Å²) >= 11 is 1.77. The third-order valence-corrected chi connectivity index (χ3v) is 7.91. The zero-order chi connectivity index (χ0) is 20.5. The van der Waals surface area contributed by atoms with Crippen LogP contribution in [0.15, 0.2) is 0 Å². The van der Waals surface area contributed by atoms with Gasteiger partial charge in [-0.15, -0.1) is 11.3 Å². The van der Waals surface area contributed by atoms with Crippen molar-refractivity contribution in [2.75, 3.05) is 44.2 Å². The molecule has 1 aromatic heterocycles. The molecule has 7 heteroatoms. The number of hydrogen-bond acceptors (Lipinski definition) is 5. The van der Waals surface area contributed by atoms with Crippen LogP contribution in [-0.4, -0.2) is 65.9 Å². The predicted molar refractivity (Wildman–Crippen MR) is 116 cm³/mol. The number of aryl methyl sites for hydroxylation is 1. The number of likely N-dealkylation sites (tertiary alicyclic amines) is 1. The number of amides is 2. The minimum atomic E-state index is 0.0614. The van der Waals surface area contributed by atoms with Crippen molar-refractivity contribution in [3.8, 4) is 0 Å². The number of hydrogen-bond donors (Lipinski definition) is 0. The zero-order valence-electron chi connectivity index (χ0n) is 18.0. The number of thiazole rings is 1. The SMILES string of the molecule is CC1CCN(C(=O)[C@@H]2CCc3nc(N4CCN(C(=O)C(C)C)CC4)sc3C2)CC1. The molecule has 3 heterocycles.